The first-order chi connectivity index (χ1) is 9.83. The second-order valence-corrected chi connectivity index (χ2v) is 6.53. The summed E-state index contributed by atoms with van der Waals surface area (Å²) in [5.74, 6) is 1.96. The standard InChI is InChI=1S/C19H36O/c1-3-16-20-19-15-13-11-9-7-5-4-6-8-10-12-14-18(2)17-19/h17-18H,3-16H2,1-2H3/b19-17+. The highest BCUT2D eigenvalue weighted by Gasteiger charge is 2.05. The molecule has 0 bridgehead atoms. The van der Waals surface area contributed by atoms with Gasteiger partial charge in [-0.05, 0) is 31.3 Å². The van der Waals surface area contributed by atoms with E-state index in [2.05, 4.69) is 19.9 Å². The van der Waals surface area contributed by atoms with Crippen molar-refractivity contribution in [2.45, 2.75) is 97.3 Å². The molecule has 0 aromatic rings. The van der Waals surface area contributed by atoms with Crippen molar-refractivity contribution < 1.29 is 4.74 Å². The van der Waals surface area contributed by atoms with Crippen LogP contribution in [0.5, 0.6) is 0 Å². The van der Waals surface area contributed by atoms with Crippen LogP contribution >= 0.6 is 0 Å². The summed E-state index contributed by atoms with van der Waals surface area (Å²) in [5.41, 5.74) is 0. The smallest absolute Gasteiger partial charge is 0.0922 e. The molecule has 0 fully saturated rings. The van der Waals surface area contributed by atoms with Crippen LogP contribution < -0.4 is 0 Å². The second kappa shape index (κ2) is 12.3. The largest absolute Gasteiger partial charge is 0.498 e. The predicted molar refractivity (Wildman–Crippen MR) is 88.9 cm³/mol. The van der Waals surface area contributed by atoms with Gasteiger partial charge in [0.2, 0.25) is 0 Å². The molecule has 1 nitrogen and oxygen atoms in total. The van der Waals surface area contributed by atoms with Crippen molar-refractivity contribution in [3.05, 3.63) is 11.8 Å². The lowest BCUT2D eigenvalue weighted by Crippen LogP contribution is -1.99. The summed E-state index contributed by atoms with van der Waals surface area (Å²) in [5, 5.41) is 0. The Kier molecular flexibility index (Phi) is 10.8. The third-order valence-electron chi connectivity index (χ3n) is 4.29. The van der Waals surface area contributed by atoms with Crippen molar-refractivity contribution in [3.8, 4) is 0 Å². The van der Waals surface area contributed by atoms with Crippen LogP contribution in [0.4, 0.5) is 0 Å². The monoisotopic (exact) mass is 280 g/mol. The van der Waals surface area contributed by atoms with Crippen LogP contribution in [0.3, 0.4) is 0 Å². The van der Waals surface area contributed by atoms with Gasteiger partial charge in [0.05, 0.1) is 12.4 Å². The van der Waals surface area contributed by atoms with Crippen molar-refractivity contribution >= 4 is 0 Å². The van der Waals surface area contributed by atoms with E-state index in [0.717, 1.165) is 19.4 Å². The first-order valence-electron chi connectivity index (χ1n) is 9.16. The Labute approximate surface area is 127 Å². The van der Waals surface area contributed by atoms with E-state index in [1.807, 2.05) is 0 Å². The average Bonchev–Trinajstić information content (AvgIpc) is 2.45. The highest BCUT2D eigenvalue weighted by molar-refractivity contribution is 4.96. The molecule has 1 aliphatic carbocycles. The van der Waals surface area contributed by atoms with Crippen LogP contribution in [0, 0.1) is 5.92 Å². The topological polar surface area (TPSA) is 9.23 Å². The molecule has 0 aromatic carbocycles. The van der Waals surface area contributed by atoms with Crippen LogP contribution in [0.1, 0.15) is 97.3 Å². The lowest BCUT2D eigenvalue weighted by molar-refractivity contribution is 0.197. The Morgan fingerprint density at radius 1 is 0.900 bits per heavy atom. The summed E-state index contributed by atoms with van der Waals surface area (Å²) in [7, 11) is 0. The summed E-state index contributed by atoms with van der Waals surface area (Å²) >= 11 is 0. The maximum atomic E-state index is 5.95. The van der Waals surface area contributed by atoms with E-state index < -0.39 is 0 Å². The molecule has 1 atom stereocenters. The Balaban J connectivity index is 2.43. The molecule has 0 aliphatic heterocycles. The fourth-order valence-corrected chi connectivity index (χ4v) is 3.02. The lowest BCUT2D eigenvalue weighted by Gasteiger charge is -2.13. The molecule has 0 saturated heterocycles. The Morgan fingerprint density at radius 2 is 1.45 bits per heavy atom. The average molecular weight is 280 g/mol. The maximum Gasteiger partial charge on any atom is 0.0922 e. The van der Waals surface area contributed by atoms with Crippen molar-refractivity contribution in [2.24, 2.45) is 5.92 Å². The lowest BCUT2D eigenvalue weighted by atomic mass is 10.0. The molecule has 0 radical (unpaired) electrons. The number of hydrogen-bond acceptors (Lipinski definition) is 1. The highest BCUT2D eigenvalue weighted by atomic mass is 16.5. The molecule has 0 amide bonds. The van der Waals surface area contributed by atoms with Crippen LogP contribution in [-0.4, -0.2) is 6.61 Å². The van der Waals surface area contributed by atoms with Crippen molar-refractivity contribution in [2.75, 3.05) is 6.61 Å². The van der Waals surface area contributed by atoms with E-state index in [1.165, 1.54) is 76.4 Å². The fraction of sp³-hybridized carbons (Fsp3) is 0.895. The minimum Gasteiger partial charge on any atom is -0.498 e. The molecular formula is C19H36O. The molecule has 1 aliphatic rings. The van der Waals surface area contributed by atoms with E-state index >= 15 is 0 Å². The summed E-state index contributed by atoms with van der Waals surface area (Å²) in [6, 6.07) is 0. The van der Waals surface area contributed by atoms with Crippen LogP contribution in [0.15, 0.2) is 11.8 Å². The molecule has 1 rings (SSSR count). The van der Waals surface area contributed by atoms with Crippen molar-refractivity contribution in [3.63, 3.8) is 0 Å². The zero-order chi connectivity index (χ0) is 14.5. The summed E-state index contributed by atoms with van der Waals surface area (Å²) in [4.78, 5) is 0. The predicted octanol–water partition coefficient (Wildman–Crippen LogP) is 6.63. The maximum absolute atomic E-state index is 5.95. The first-order valence-corrected chi connectivity index (χ1v) is 9.16. The highest BCUT2D eigenvalue weighted by Crippen LogP contribution is 2.20. The van der Waals surface area contributed by atoms with Gasteiger partial charge < -0.3 is 4.74 Å². The van der Waals surface area contributed by atoms with Gasteiger partial charge in [-0.3, -0.25) is 0 Å². The number of hydrogen-bond donors (Lipinski definition) is 0. The molecule has 0 saturated carbocycles. The molecular weight excluding hydrogens is 244 g/mol. The van der Waals surface area contributed by atoms with Gasteiger partial charge in [0, 0.05) is 6.42 Å². The van der Waals surface area contributed by atoms with Crippen molar-refractivity contribution in [1.82, 2.24) is 0 Å². The SMILES string of the molecule is CCCO/C1=C/C(C)CCCCCCCCCCCC1. The van der Waals surface area contributed by atoms with E-state index in [9.17, 15) is 0 Å². The summed E-state index contributed by atoms with van der Waals surface area (Å²) < 4.78 is 5.95. The zero-order valence-corrected chi connectivity index (χ0v) is 14.0. The van der Waals surface area contributed by atoms with Crippen LogP contribution in [0.25, 0.3) is 0 Å². The third kappa shape index (κ3) is 9.44. The molecule has 20 heavy (non-hydrogen) atoms. The minimum absolute atomic E-state index is 0.687. The number of allylic oxidation sites excluding steroid dienone is 2. The third-order valence-corrected chi connectivity index (χ3v) is 4.29. The molecule has 0 spiro atoms. The van der Waals surface area contributed by atoms with Crippen LogP contribution in [-0.2, 0) is 4.74 Å². The van der Waals surface area contributed by atoms with Gasteiger partial charge in [0.25, 0.3) is 0 Å². The number of ether oxygens (including phenoxy) is 1. The molecule has 0 N–H and O–H groups in total. The minimum atomic E-state index is 0.687. The van der Waals surface area contributed by atoms with Gasteiger partial charge in [0.1, 0.15) is 0 Å². The normalized spacial score (nSPS) is 26.9. The zero-order valence-electron chi connectivity index (χ0n) is 14.0. The molecule has 1 unspecified atom stereocenters. The number of rotatable bonds is 3. The van der Waals surface area contributed by atoms with Gasteiger partial charge in [-0.25, -0.2) is 0 Å². The van der Waals surface area contributed by atoms with Gasteiger partial charge >= 0.3 is 0 Å². The van der Waals surface area contributed by atoms with Gasteiger partial charge in [-0.1, -0.05) is 71.6 Å². The van der Waals surface area contributed by atoms with E-state index in [4.69, 9.17) is 4.74 Å². The molecule has 0 aromatic heterocycles. The Morgan fingerprint density at radius 3 is 2.05 bits per heavy atom. The van der Waals surface area contributed by atoms with Crippen molar-refractivity contribution in [1.29, 1.82) is 0 Å². The Bertz CT molecular complexity index is 244. The van der Waals surface area contributed by atoms with E-state index in [-0.39, 0.29) is 0 Å². The Hall–Kier alpha value is -0.460. The summed E-state index contributed by atoms with van der Waals surface area (Å²) in [6.07, 6.45) is 20.2. The summed E-state index contributed by atoms with van der Waals surface area (Å²) in [6.45, 7) is 5.43. The molecule has 0 heterocycles. The molecule has 118 valence electrons. The quantitative estimate of drug-likeness (QED) is 0.564. The van der Waals surface area contributed by atoms with E-state index in [1.54, 1.807) is 0 Å². The van der Waals surface area contributed by atoms with Gasteiger partial charge in [-0.15, -0.1) is 0 Å². The first kappa shape index (κ1) is 17.6. The van der Waals surface area contributed by atoms with E-state index in [0.29, 0.717) is 5.92 Å². The van der Waals surface area contributed by atoms with Crippen LogP contribution in [0.2, 0.25) is 0 Å². The fourth-order valence-electron chi connectivity index (χ4n) is 3.02. The molecule has 1 heteroatoms. The van der Waals surface area contributed by atoms with Gasteiger partial charge in [-0.2, -0.15) is 0 Å². The second-order valence-electron chi connectivity index (χ2n) is 6.53. The van der Waals surface area contributed by atoms with Gasteiger partial charge in [0.15, 0.2) is 0 Å².